The van der Waals surface area contributed by atoms with Crippen molar-refractivity contribution in [2.45, 2.75) is 33.3 Å². The summed E-state index contributed by atoms with van der Waals surface area (Å²) in [5, 5.41) is 5.39. The molecule has 7 heteroatoms. The minimum atomic E-state index is -0.366. The van der Waals surface area contributed by atoms with E-state index in [0.29, 0.717) is 18.0 Å². The normalized spacial score (nSPS) is 14.9. The molecule has 1 heterocycles. The van der Waals surface area contributed by atoms with Crippen molar-refractivity contribution in [2.24, 2.45) is 0 Å². The van der Waals surface area contributed by atoms with E-state index in [2.05, 4.69) is 26.6 Å². The quantitative estimate of drug-likeness (QED) is 0.590. The second-order valence-electron chi connectivity index (χ2n) is 7.12. The van der Waals surface area contributed by atoms with Gasteiger partial charge in [-0.1, -0.05) is 15.9 Å². The largest absolute Gasteiger partial charge is 0.493 e. The van der Waals surface area contributed by atoms with Crippen LogP contribution < -0.4 is 20.1 Å². The maximum Gasteiger partial charge on any atom is 0.244 e. The molecular weight excluding hydrogens is 448 g/mol. The first-order valence-electron chi connectivity index (χ1n) is 9.84. The monoisotopic (exact) mass is 472 g/mol. The van der Waals surface area contributed by atoms with Gasteiger partial charge in [0.15, 0.2) is 0 Å². The lowest BCUT2D eigenvalue weighted by Crippen LogP contribution is -2.31. The molecule has 0 aromatic heterocycles. The molecule has 0 aliphatic carbocycles. The first kappa shape index (κ1) is 21.9. The van der Waals surface area contributed by atoms with Crippen molar-refractivity contribution < 1.29 is 19.1 Å². The zero-order chi connectivity index (χ0) is 21.7. The Balaban J connectivity index is 1.59. The smallest absolute Gasteiger partial charge is 0.244 e. The van der Waals surface area contributed by atoms with Crippen LogP contribution in [0.15, 0.2) is 40.9 Å². The summed E-state index contributed by atoms with van der Waals surface area (Å²) in [7, 11) is 0. The Bertz CT molecular complexity index is 987. The van der Waals surface area contributed by atoms with Gasteiger partial charge < -0.3 is 20.1 Å². The van der Waals surface area contributed by atoms with E-state index in [1.807, 2.05) is 51.1 Å². The fraction of sp³-hybridized carbons (Fsp3) is 0.304. The van der Waals surface area contributed by atoms with Crippen molar-refractivity contribution in [1.82, 2.24) is 5.32 Å². The molecule has 158 valence electrons. The van der Waals surface area contributed by atoms with Gasteiger partial charge in [0.1, 0.15) is 17.6 Å². The van der Waals surface area contributed by atoms with E-state index in [4.69, 9.17) is 9.47 Å². The number of ether oxygens (including phenoxy) is 2. The summed E-state index contributed by atoms with van der Waals surface area (Å²) in [5.41, 5.74) is 3.50. The Hall–Kier alpha value is -2.80. The summed E-state index contributed by atoms with van der Waals surface area (Å²) >= 11 is 3.39. The minimum Gasteiger partial charge on any atom is -0.493 e. The topological polar surface area (TPSA) is 76.7 Å². The summed E-state index contributed by atoms with van der Waals surface area (Å²) in [5.74, 6) is 0.865. The fourth-order valence-electron chi connectivity index (χ4n) is 3.22. The van der Waals surface area contributed by atoms with Gasteiger partial charge in [0.25, 0.3) is 0 Å². The molecule has 1 aliphatic heterocycles. The zero-order valence-electron chi connectivity index (χ0n) is 17.3. The summed E-state index contributed by atoms with van der Waals surface area (Å²) in [4.78, 5) is 24.3. The number of amides is 2. The number of carbonyl (C=O) groups excluding carboxylic acids is 2. The van der Waals surface area contributed by atoms with Gasteiger partial charge in [0, 0.05) is 33.8 Å². The van der Waals surface area contributed by atoms with Gasteiger partial charge in [-0.15, -0.1) is 0 Å². The molecule has 1 atom stereocenters. The minimum absolute atomic E-state index is 0.123. The van der Waals surface area contributed by atoms with Crippen LogP contribution in [0.5, 0.6) is 11.5 Å². The molecule has 0 saturated heterocycles. The van der Waals surface area contributed by atoms with Crippen molar-refractivity contribution in [3.63, 3.8) is 0 Å². The zero-order valence-corrected chi connectivity index (χ0v) is 18.8. The van der Waals surface area contributed by atoms with Crippen LogP contribution in [0.25, 0.3) is 6.08 Å². The summed E-state index contributed by atoms with van der Waals surface area (Å²) < 4.78 is 12.4. The van der Waals surface area contributed by atoms with E-state index in [0.717, 1.165) is 33.3 Å². The van der Waals surface area contributed by atoms with Crippen LogP contribution in [0.3, 0.4) is 0 Å². The number of carbonyl (C=O) groups is 2. The lowest BCUT2D eigenvalue weighted by Gasteiger charge is -2.10. The maximum absolute atomic E-state index is 12.2. The highest BCUT2D eigenvalue weighted by Crippen LogP contribution is 2.35. The van der Waals surface area contributed by atoms with E-state index in [9.17, 15) is 9.59 Å². The number of hydrogen-bond acceptors (Lipinski definition) is 4. The Morgan fingerprint density at radius 2 is 2.10 bits per heavy atom. The molecule has 0 fully saturated rings. The highest BCUT2D eigenvalue weighted by atomic mass is 79.9. The van der Waals surface area contributed by atoms with E-state index in [1.165, 1.54) is 6.08 Å². The summed E-state index contributed by atoms with van der Waals surface area (Å²) in [6.45, 7) is 6.24. The maximum atomic E-state index is 12.2. The van der Waals surface area contributed by atoms with Crippen LogP contribution in [-0.2, 0) is 16.0 Å². The molecule has 2 aromatic rings. The van der Waals surface area contributed by atoms with Gasteiger partial charge in [-0.25, -0.2) is 0 Å². The van der Waals surface area contributed by atoms with E-state index in [-0.39, 0.29) is 24.5 Å². The van der Waals surface area contributed by atoms with Gasteiger partial charge in [0.05, 0.1) is 13.2 Å². The van der Waals surface area contributed by atoms with Crippen molar-refractivity contribution in [3.8, 4) is 11.5 Å². The third-order valence-electron chi connectivity index (χ3n) is 4.63. The van der Waals surface area contributed by atoms with Crippen molar-refractivity contribution in [3.05, 3.63) is 57.6 Å². The van der Waals surface area contributed by atoms with Crippen LogP contribution in [0.1, 0.15) is 30.5 Å². The second-order valence-corrected chi connectivity index (χ2v) is 8.04. The van der Waals surface area contributed by atoms with Crippen LogP contribution in [0.4, 0.5) is 5.69 Å². The summed E-state index contributed by atoms with van der Waals surface area (Å²) in [6, 6.07) is 9.42. The average molecular weight is 473 g/mol. The number of anilines is 1. The molecule has 6 nitrogen and oxygen atoms in total. The third kappa shape index (κ3) is 5.63. The number of benzene rings is 2. The van der Waals surface area contributed by atoms with Crippen LogP contribution >= 0.6 is 15.9 Å². The predicted molar refractivity (Wildman–Crippen MR) is 121 cm³/mol. The molecule has 0 radical (unpaired) electrons. The van der Waals surface area contributed by atoms with Gasteiger partial charge in [-0.3, -0.25) is 9.59 Å². The second kappa shape index (κ2) is 9.80. The molecule has 1 unspecified atom stereocenters. The molecule has 0 bridgehead atoms. The molecule has 0 saturated carbocycles. The van der Waals surface area contributed by atoms with Crippen molar-refractivity contribution >= 4 is 39.5 Å². The first-order valence-corrected chi connectivity index (χ1v) is 10.6. The Morgan fingerprint density at radius 1 is 1.30 bits per heavy atom. The Morgan fingerprint density at radius 3 is 2.83 bits per heavy atom. The standard InChI is InChI=1S/C23H25BrN2O4/c1-4-29-20-12-17-10-15(3)30-21(17)11-16(20)5-8-22(27)25-13-23(28)26-19-7-6-18(24)9-14(19)2/h5-9,11-12,15H,4,10,13H2,1-3H3,(H,25,27)(H,26,28)/b8-5+. The SMILES string of the molecule is CCOc1cc2c(cc1/C=C/C(=O)NCC(=O)Nc1ccc(Br)cc1C)OC(C)C2. The third-order valence-corrected chi connectivity index (χ3v) is 5.12. The Labute approximate surface area is 184 Å². The highest BCUT2D eigenvalue weighted by Gasteiger charge is 2.21. The molecule has 2 N–H and O–H groups in total. The van der Waals surface area contributed by atoms with Gasteiger partial charge in [-0.2, -0.15) is 0 Å². The van der Waals surface area contributed by atoms with E-state index in [1.54, 1.807) is 6.08 Å². The number of rotatable bonds is 7. The Kier molecular flexibility index (Phi) is 7.15. The molecule has 30 heavy (non-hydrogen) atoms. The predicted octanol–water partition coefficient (Wildman–Crippen LogP) is 4.25. The molecule has 3 rings (SSSR count). The molecule has 2 amide bonds. The van der Waals surface area contributed by atoms with E-state index >= 15 is 0 Å². The number of aryl methyl sites for hydroxylation is 1. The van der Waals surface area contributed by atoms with Crippen LogP contribution in [-0.4, -0.2) is 31.1 Å². The molecule has 0 spiro atoms. The molecule has 2 aromatic carbocycles. The fourth-order valence-corrected chi connectivity index (χ4v) is 3.69. The first-order chi connectivity index (χ1) is 14.4. The lowest BCUT2D eigenvalue weighted by molar-refractivity contribution is -0.121. The highest BCUT2D eigenvalue weighted by molar-refractivity contribution is 9.10. The van der Waals surface area contributed by atoms with Gasteiger partial charge >= 0.3 is 0 Å². The van der Waals surface area contributed by atoms with Crippen LogP contribution in [0, 0.1) is 6.92 Å². The lowest BCUT2D eigenvalue weighted by atomic mass is 10.1. The number of nitrogens with one attached hydrogen (secondary N) is 2. The number of halogens is 1. The number of fused-ring (bicyclic) bond motifs is 1. The summed E-state index contributed by atoms with van der Waals surface area (Å²) in [6.07, 6.45) is 4.03. The van der Waals surface area contributed by atoms with Gasteiger partial charge in [-0.05, 0) is 62.7 Å². The molecular formula is C23H25BrN2O4. The average Bonchev–Trinajstić information content (AvgIpc) is 3.05. The molecule has 1 aliphatic rings. The van der Waals surface area contributed by atoms with Crippen molar-refractivity contribution in [1.29, 1.82) is 0 Å². The van der Waals surface area contributed by atoms with E-state index < -0.39 is 0 Å². The van der Waals surface area contributed by atoms with Gasteiger partial charge in [0.2, 0.25) is 11.8 Å². The number of hydrogen-bond donors (Lipinski definition) is 2. The van der Waals surface area contributed by atoms with Crippen molar-refractivity contribution in [2.75, 3.05) is 18.5 Å². The van der Waals surface area contributed by atoms with Crippen LogP contribution in [0.2, 0.25) is 0 Å².